The predicted octanol–water partition coefficient (Wildman–Crippen LogP) is 8.67. The van der Waals surface area contributed by atoms with Crippen molar-refractivity contribution in [2.45, 2.75) is 71.6 Å². The highest BCUT2D eigenvalue weighted by Crippen LogP contribution is 2.33. The molecule has 0 unspecified atom stereocenters. The van der Waals surface area contributed by atoms with Gasteiger partial charge in [0.1, 0.15) is 0 Å². The fourth-order valence-electron chi connectivity index (χ4n) is 4.35. The molecule has 0 aliphatic heterocycles. The van der Waals surface area contributed by atoms with Crippen LogP contribution in [0.5, 0.6) is 0 Å². The Bertz CT molecular complexity index is 1030. The molecule has 33 heavy (non-hydrogen) atoms. The average Bonchev–Trinajstić information content (AvgIpc) is 3.15. The Labute approximate surface area is 208 Å². The van der Waals surface area contributed by atoms with Crippen molar-refractivity contribution in [3.63, 3.8) is 0 Å². The molecule has 0 spiro atoms. The number of unbranched alkanes of at least 4 members (excludes halogenated alkanes) is 6. The van der Waals surface area contributed by atoms with E-state index in [-0.39, 0.29) is 5.91 Å². The molecule has 2 aromatic carbocycles. The summed E-state index contributed by atoms with van der Waals surface area (Å²) >= 11 is 12.5. The minimum absolute atomic E-state index is 0.192. The van der Waals surface area contributed by atoms with Gasteiger partial charge in [-0.15, -0.1) is 0 Å². The van der Waals surface area contributed by atoms with Gasteiger partial charge in [0.2, 0.25) is 5.91 Å². The first-order valence-corrected chi connectivity index (χ1v) is 13.1. The van der Waals surface area contributed by atoms with E-state index in [1.54, 1.807) is 0 Å². The molecule has 1 heterocycles. The van der Waals surface area contributed by atoms with Crippen molar-refractivity contribution >= 4 is 40.0 Å². The number of benzene rings is 2. The number of hydrogen-bond acceptors (Lipinski definition) is 1. The number of hydrogen-bond donors (Lipinski definition) is 1. The number of H-pyrrole nitrogens is 1. The molecular formula is C28H36Cl2N2O. The van der Waals surface area contributed by atoms with Gasteiger partial charge in [0.25, 0.3) is 0 Å². The Hall–Kier alpha value is -1.97. The van der Waals surface area contributed by atoms with Gasteiger partial charge in [0.05, 0.1) is 12.1 Å². The molecule has 3 aromatic rings. The van der Waals surface area contributed by atoms with Crippen molar-refractivity contribution in [1.29, 1.82) is 0 Å². The Balaban J connectivity index is 1.86. The standard InChI is InChI=1S/C28H36Cl2N2O/c1-3-5-7-8-10-18-32(17-9-6-4-2)27(33)20-25-24-19-23(30)15-16-26(24)31-28(25)21-11-13-22(29)14-12-21/h11-16,19,31H,3-10,17-18,20H2,1-2H3. The summed E-state index contributed by atoms with van der Waals surface area (Å²) in [5, 5.41) is 2.38. The van der Waals surface area contributed by atoms with Crippen LogP contribution in [-0.2, 0) is 11.2 Å². The molecule has 1 N–H and O–H groups in total. The molecule has 0 aliphatic carbocycles. The van der Waals surface area contributed by atoms with Gasteiger partial charge in [-0.2, -0.15) is 0 Å². The summed E-state index contributed by atoms with van der Waals surface area (Å²) in [7, 11) is 0. The molecule has 0 bridgehead atoms. The van der Waals surface area contributed by atoms with Crippen LogP contribution in [0.15, 0.2) is 42.5 Å². The van der Waals surface area contributed by atoms with Gasteiger partial charge in [-0.05, 0) is 54.3 Å². The zero-order valence-corrected chi connectivity index (χ0v) is 21.4. The Morgan fingerprint density at radius 2 is 1.42 bits per heavy atom. The number of fused-ring (bicyclic) bond motifs is 1. The maximum Gasteiger partial charge on any atom is 0.227 e. The van der Waals surface area contributed by atoms with Crippen molar-refractivity contribution in [2.24, 2.45) is 0 Å². The summed E-state index contributed by atoms with van der Waals surface area (Å²) in [6.07, 6.45) is 9.72. The number of carbonyl (C=O) groups is 1. The van der Waals surface area contributed by atoms with Crippen molar-refractivity contribution in [1.82, 2.24) is 9.88 Å². The number of halogens is 2. The van der Waals surface area contributed by atoms with Gasteiger partial charge < -0.3 is 9.88 Å². The monoisotopic (exact) mass is 486 g/mol. The first-order chi connectivity index (χ1) is 16.0. The van der Waals surface area contributed by atoms with Crippen molar-refractivity contribution < 1.29 is 4.79 Å². The highest BCUT2D eigenvalue weighted by Gasteiger charge is 2.20. The highest BCUT2D eigenvalue weighted by molar-refractivity contribution is 6.31. The van der Waals surface area contributed by atoms with E-state index >= 15 is 0 Å². The van der Waals surface area contributed by atoms with Gasteiger partial charge in [0.15, 0.2) is 0 Å². The molecule has 0 atom stereocenters. The van der Waals surface area contributed by atoms with Gasteiger partial charge in [0, 0.05) is 34.0 Å². The number of amides is 1. The number of carbonyl (C=O) groups excluding carboxylic acids is 1. The topological polar surface area (TPSA) is 36.1 Å². The van der Waals surface area contributed by atoms with Gasteiger partial charge in [-0.25, -0.2) is 0 Å². The number of aromatic nitrogens is 1. The molecule has 3 rings (SSSR count). The fraction of sp³-hybridized carbons (Fsp3) is 0.464. The van der Waals surface area contributed by atoms with Gasteiger partial charge >= 0.3 is 0 Å². The van der Waals surface area contributed by atoms with Crippen molar-refractivity contribution in [3.8, 4) is 11.3 Å². The summed E-state index contributed by atoms with van der Waals surface area (Å²) in [4.78, 5) is 19.1. The molecule has 0 saturated carbocycles. The van der Waals surface area contributed by atoms with E-state index in [1.165, 1.54) is 25.7 Å². The maximum absolute atomic E-state index is 13.5. The highest BCUT2D eigenvalue weighted by atomic mass is 35.5. The molecule has 3 nitrogen and oxygen atoms in total. The van der Waals surface area contributed by atoms with Gasteiger partial charge in [-0.1, -0.05) is 87.7 Å². The summed E-state index contributed by atoms with van der Waals surface area (Å²) in [6.45, 7) is 6.10. The van der Waals surface area contributed by atoms with Crippen molar-refractivity contribution in [3.05, 3.63) is 58.1 Å². The van der Waals surface area contributed by atoms with Crippen LogP contribution in [0.25, 0.3) is 22.2 Å². The number of rotatable bonds is 13. The van der Waals surface area contributed by atoms with Crippen LogP contribution < -0.4 is 0 Å². The van der Waals surface area contributed by atoms with Crippen LogP contribution in [0.4, 0.5) is 0 Å². The third-order valence-corrected chi connectivity index (χ3v) is 6.73. The van der Waals surface area contributed by atoms with E-state index < -0.39 is 0 Å². The lowest BCUT2D eigenvalue weighted by atomic mass is 10.0. The zero-order chi connectivity index (χ0) is 23.6. The molecule has 1 amide bonds. The molecule has 1 aromatic heterocycles. The Morgan fingerprint density at radius 3 is 2.12 bits per heavy atom. The fourth-order valence-corrected chi connectivity index (χ4v) is 4.65. The average molecular weight is 488 g/mol. The largest absolute Gasteiger partial charge is 0.354 e. The van der Waals surface area contributed by atoms with Gasteiger partial charge in [-0.3, -0.25) is 4.79 Å². The minimum Gasteiger partial charge on any atom is -0.354 e. The molecule has 0 radical (unpaired) electrons. The second-order valence-electron chi connectivity index (χ2n) is 8.85. The molecule has 0 fully saturated rings. The normalized spacial score (nSPS) is 11.3. The smallest absolute Gasteiger partial charge is 0.227 e. The number of nitrogens with zero attached hydrogens (tertiary/aromatic N) is 1. The second kappa shape index (κ2) is 13.1. The first kappa shape index (κ1) is 25.6. The van der Waals surface area contributed by atoms with E-state index in [0.29, 0.717) is 16.5 Å². The maximum atomic E-state index is 13.5. The van der Waals surface area contributed by atoms with Crippen LogP contribution in [0.1, 0.15) is 70.8 Å². The summed E-state index contributed by atoms with van der Waals surface area (Å²) < 4.78 is 0. The molecule has 5 heteroatoms. The second-order valence-corrected chi connectivity index (χ2v) is 9.73. The third-order valence-electron chi connectivity index (χ3n) is 6.24. The molecular weight excluding hydrogens is 451 g/mol. The van der Waals surface area contributed by atoms with E-state index in [4.69, 9.17) is 23.2 Å². The Morgan fingerprint density at radius 1 is 0.818 bits per heavy atom. The van der Waals surface area contributed by atoms with E-state index in [9.17, 15) is 4.79 Å². The zero-order valence-electron chi connectivity index (χ0n) is 19.9. The minimum atomic E-state index is 0.192. The summed E-state index contributed by atoms with van der Waals surface area (Å²) in [5.41, 5.74) is 3.98. The SMILES string of the molecule is CCCCCCCN(CCCCC)C(=O)Cc1c(-c2ccc(Cl)cc2)[nH]c2ccc(Cl)cc12. The number of aromatic amines is 1. The van der Waals surface area contributed by atoms with E-state index in [1.807, 2.05) is 42.5 Å². The van der Waals surface area contributed by atoms with E-state index in [0.717, 1.165) is 66.5 Å². The lowest BCUT2D eigenvalue weighted by Gasteiger charge is -2.23. The molecule has 0 aliphatic rings. The third kappa shape index (κ3) is 7.25. The van der Waals surface area contributed by atoms with Crippen molar-refractivity contribution in [2.75, 3.05) is 13.1 Å². The van der Waals surface area contributed by atoms with Crippen LogP contribution in [0, 0.1) is 0 Å². The molecule has 0 saturated heterocycles. The summed E-state index contributed by atoms with van der Waals surface area (Å²) in [5.74, 6) is 0.192. The van der Waals surface area contributed by atoms with E-state index in [2.05, 4.69) is 23.7 Å². The summed E-state index contributed by atoms with van der Waals surface area (Å²) in [6, 6.07) is 13.6. The Kier molecular flexibility index (Phi) is 10.1. The predicted molar refractivity (Wildman–Crippen MR) is 142 cm³/mol. The molecule has 178 valence electrons. The number of nitrogens with one attached hydrogen (secondary N) is 1. The lowest BCUT2D eigenvalue weighted by molar-refractivity contribution is -0.130. The van der Waals surface area contributed by atoms with Crippen LogP contribution in [0.2, 0.25) is 10.0 Å². The quantitative estimate of drug-likeness (QED) is 0.241. The van der Waals surface area contributed by atoms with Crippen LogP contribution >= 0.6 is 23.2 Å². The van der Waals surface area contributed by atoms with Crippen LogP contribution in [-0.4, -0.2) is 28.9 Å². The van der Waals surface area contributed by atoms with Crippen LogP contribution in [0.3, 0.4) is 0 Å². The first-order valence-electron chi connectivity index (χ1n) is 12.4. The lowest BCUT2D eigenvalue weighted by Crippen LogP contribution is -2.34.